The van der Waals surface area contributed by atoms with Gasteiger partial charge in [-0.05, 0) is 24.3 Å². The van der Waals surface area contributed by atoms with Crippen LogP contribution in [0.15, 0.2) is 52.4 Å². The normalized spacial score (nSPS) is 10.6. The number of ether oxygens (including phenoxy) is 1. The van der Waals surface area contributed by atoms with Gasteiger partial charge in [0, 0.05) is 24.1 Å². The van der Waals surface area contributed by atoms with Crippen molar-refractivity contribution in [3.05, 3.63) is 52.9 Å². The van der Waals surface area contributed by atoms with Crippen molar-refractivity contribution in [2.24, 2.45) is 0 Å². The van der Waals surface area contributed by atoms with Crippen LogP contribution in [0.25, 0.3) is 0 Å². The number of nitriles is 1. The van der Waals surface area contributed by atoms with Crippen molar-refractivity contribution in [1.29, 1.82) is 5.26 Å². The average Bonchev–Trinajstić information content (AvgIpc) is 2.46. The van der Waals surface area contributed by atoms with Crippen LogP contribution >= 0.6 is 0 Å². The number of H-pyrrole nitrogens is 1. The Morgan fingerprint density at radius 2 is 1.95 bits per heavy atom. The lowest BCUT2D eigenvalue weighted by Crippen LogP contribution is -2.20. The molecule has 1 aromatic heterocycles. The summed E-state index contributed by atoms with van der Waals surface area (Å²) in [7, 11) is -3.96. The molecule has 8 heteroatoms. The number of sulfonamides is 1. The number of anilines is 1. The van der Waals surface area contributed by atoms with Crippen molar-refractivity contribution >= 4 is 15.7 Å². The van der Waals surface area contributed by atoms with Crippen LogP contribution in [0.4, 0.5) is 5.69 Å². The third kappa shape index (κ3) is 3.61. The molecule has 1 aromatic carbocycles. The van der Waals surface area contributed by atoms with Crippen LogP contribution in [0.2, 0.25) is 0 Å². The van der Waals surface area contributed by atoms with Gasteiger partial charge in [0.05, 0.1) is 0 Å². The van der Waals surface area contributed by atoms with Crippen LogP contribution in [-0.4, -0.2) is 20.0 Å². The highest BCUT2D eigenvalue weighted by Gasteiger charge is 2.17. The molecule has 21 heavy (non-hydrogen) atoms. The van der Waals surface area contributed by atoms with Crippen LogP contribution in [0.5, 0.6) is 5.75 Å². The van der Waals surface area contributed by atoms with E-state index >= 15 is 0 Å². The van der Waals surface area contributed by atoms with Gasteiger partial charge >= 0.3 is 0 Å². The van der Waals surface area contributed by atoms with Crippen molar-refractivity contribution < 1.29 is 13.2 Å². The van der Waals surface area contributed by atoms with Crippen molar-refractivity contribution in [2.45, 2.75) is 4.90 Å². The molecule has 0 bridgehead atoms. The van der Waals surface area contributed by atoms with E-state index in [2.05, 4.69) is 9.71 Å². The second-order valence-corrected chi connectivity index (χ2v) is 5.60. The van der Waals surface area contributed by atoms with Gasteiger partial charge in [-0.25, -0.2) is 8.42 Å². The summed E-state index contributed by atoms with van der Waals surface area (Å²) in [6, 6.07) is 8.94. The average molecular weight is 305 g/mol. The summed E-state index contributed by atoms with van der Waals surface area (Å²) in [5.41, 5.74) is -0.321. The zero-order chi connectivity index (χ0) is 15.3. The zero-order valence-electron chi connectivity index (χ0n) is 10.7. The molecule has 0 aliphatic rings. The summed E-state index contributed by atoms with van der Waals surface area (Å²) in [4.78, 5) is 13.7. The minimum atomic E-state index is -3.96. The summed E-state index contributed by atoms with van der Waals surface area (Å²) in [6.07, 6.45) is 2.47. The topological polar surface area (TPSA) is 112 Å². The van der Waals surface area contributed by atoms with Gasteiger partial charge < -0.3 is 9.72 Å². The number of hydrogen-bond acceptors (Lipinski definition) is 5. The first-order valence-electron chi connectivity index (χ1n) is 5.83. The molecule has 1 heterocycles. The van der Waals surface area contributed by atoms with Crippen molar-refractivity contribution in [2.75, 3.05) is 11.3 Å². The van der Waals surface area contributed by atoms with Gasteiger partial charge in [0.25, 0.3) is 10.0 Å². The molecule has 2 aromatic rings. The first kappa shape index (κ1) is 14.6. The molecule has 0 fully saturated rings. The molecule has 0 saturated heterocycles. The molecule has 0 aliphatic heterocycles. The maximum absolute atomic E-state index is 12.1. The van der Waals surface area contributed by atoms with E-state index < -0.39 is 15.5 Å². The second kappa shape index (κ2) is 6.11. The van der Waals surface area contributed by atoms with E-state index in [9.17, 15) is 13.2 Å². The predicted molar refractivity (Wildman–Crippen MR) is 75.4 cm³/mol. The Balaban J connectivity index is 2.20. The van der Waals surface area contributed by atoms with Crippen LogP contribution in [0.1, 0.15) is 0 Å². The number of pyridine rings is 1. The minimum absolute atomic E-state index is 0.0928. The molecule has 7 nitrogen and oxygen atoms in total. The fourth-order valence-electron chi connectivity index (χ4n) is 1.56. The Bertz CT molecular complexity index is 819. The highest BCUT2D eigenvalue weighted by atomic mass is 32.2. The number of nitrogens with zero attached hydrogens (tertiary/aromatic N) is 1. The molecule has 2 N–H and O–H groups in total. The molecule has 0 amide bonds. The minimum Gasteiger partial charge on any atom is -0.479 e. The van der Waals surface area contributed by atoms with Crippen molar-refractivity contribution in [1.82, 2.24) is 4.98 Å². The van der Waals surface area contributed by atoms with E-state index in [0.717, 1.165) is 12.3 Å². The number of rotatable bonds is 5. The lowest BCUT2D eigenvalue weighted by molar-refractivity contribution is 0.368. The van der Waals surface area contributed by atoms with E-state index in [1.54, 1.807) is 0 Å². The number of hydrogen-bond donors (Lipinski definition) is 2. The number of aromatic amines is 1. The number of nitrogens with one attached hydrogen (secondary N) is 2. The predicted octanol–water partition coefficient (Wildman–Crippen LogP) is 1.08. The molecule has 0 saturated carbocycles. The van der Waals surface area contributed by atoms with E-state index in [4.69, 9.17) is 10.00 Å². The Morgan fingerprint density at radius 1 is 1.24 bits per heavy atom. The fraction of sp³-hybridized carbons (Fsp3) is 0.0769. The van der Waals surface area contributed by atoms with Crippen LogP contribution in [-0.2, 0) is 10.0 Å². The van der Waals surface area contributed by atoms with E-state index in [0.29, 0.717) is 5.75 Å². The molecular weight excluding hydrogens is 294 g/mol. The van der Waals surface area contributed by atoms with E-state index in [1.165, 1.54) is 30.5 Å². The van der Waals surface area contributed by atoms with Gasteiger partial charge in [0.2, 0.25) is 5.43 Å². The Kier molecular flexibility index (Phi) is 4.25. The van der Waals surface area contributed by atoms with Gasteiger partial charge in [-0.3, -0.25) is 9.52 Å². The summed E-state index contributed by atoms with van der Waals surface area (Å²) in [5.74, 6) is 0.442. The van der Waals surface area contributed by atoms with Crippen LogP contribution in [0, 0.1) is 11.3 Å². The SMILES string of the molecule is N#CCOc1ccc(NS(=O)(=O)c2c[nH]ccc2=O)cc1. The molecule has 2 rings (SSSR count). The zero-order valence-corrected chi connectivity index (χ0v) is 11.6. The van der Waals surface area contributed by atoms with Gasteiger partial charge in [0.1, 0.15) is 11.8 Å². The Morgan fingerprint density at radius 3 is 2.57 bits per heavy atom. The third-order valence-corrected chi connectivity index (χ3v) is 3.89. The molecule has 0 radical (unpaired) electrons. The largest absolute Gasteiger partial charge is 0.479 e. The van der Waals surface area contributed by atoms with Crippen molar-refractivity contribution in [3.8, 4) is 11.8 Å². The first-order valence-corrected chi connectivity index (χ1v) is 7.31. The standard InChI is InChI=1S/C13H11N3O4S/c14-6-8-20-11-3-1-10(2-4-11)16-21(18,19)13-9-15-7-5-12(13)17/h1-5,7,9,16H,8H2,(H,15,17). The first-order chi connectivity index (χ1) is 10.0. The molecule has 0 aliphatic carbocycles. The highest BCUT2D eigenvalue weighted by molar-refractivity contribution is 7.92. The van der Waals surface area contributed by atoms with E-state index in [-0.39, 0.29) is 17.2 Å². The molecular formula is C13H11N3O4S. The molecule has 0 unspecified atom stereocenters. The maximum atomic E-state index is 12.1. The molecule has 0 atom stereocenters. The molecule has 0 spiro atoms. The second-order valence-electron chi connectivity index (χ2n) is 3.95. The van der Waals surface area contributed by atoms with E-state index in [1.807, 2.05) is 6.07 Å². The third-order valence-electron chi connectivity index (χ3n) is 2.49. The van der Waals surface area contributed by atoms with Crippen LogP contribution < -0.4 is 14.9 Å². The lowest BCUT2D eigenvalue weighted by Gasteiger charge is -2.08. The lowest BCUT2D eigenvalue weighted by atomic mass is 10.3. The van der Waals surface area contributed by atoms with Gasteiger partial charge in [-0.1, -0.05) is 0 Å². The van der Waals surface area contributed by atoms with Crippen LogP contribution in [0.3, 0.4) is 0 Å². The highest BCUT2D eigenvalue weighted by Crippen LogP contribution is 2.18. The maximum Gasteiger partial charge on any atom is 0.267 e. The number of benzene rings is 1. The van der Waals surface area contributed by atoms with Gasteiger partial charge in [0.15, 0.2) is 11.5 Å². The van der Waals surface area contributed by atoms with Gasteiger partial charge in [-0.15, -0.1) is 0 Å². The fourth-order valence-corrected chi connectivity index (χ4v) is 2.67. The Labute approximate surface area is 120 Å². The molecule has 108 valence electrons. The van der Waals surface area contributed by atoms with Gasteiger partial charge in [-0.2, -0.15) is 5.26 Å². The number of aromatic nitrogens is 1. The Hall–Kier alpha value is -2.79. The summed E-state index contributed by atoms with van der Waals surface area (Å²) in [5, 5.41) is 8.39. The summed E-state index contributed by atoms with van der Waals surface area (Å²) in [6.45, 7) is -0.0928. The monoisotopic (exact) mass is 305 g/mol. The summed E-state index contributed by atoms with van der Waals surface area (Å²) < 4.78 is 31.5. The quantitative estimate of drug-likeness (QED) is 0.858. The smallest absolute Gasteiger partial charge is 0.267 e. The van der Waals surface area contributed by atoms with Crippen molar-refractivity contribution in [3.63, 3.8) is 0 Å². The summed E-state index contributed by atoms with van der Waals surface area (Å²) >= 11 is 0.